The number of halogens is 2. The summed E-state index contributed by atoms with van der Waals surface area (Å²) >= 11 is 5.60. The quantitative estimate of drug-likeness (QED) is 0.587. The van der Waals surface area contributed by atoms with E-state index in [1.54, 1.807) is 12.1 Å². The molecule has 0 unspecified atom stereocenters. The number of esters is 1. The summed E-state index contributed by atoms with van der Waals surface area (Å²) in [5.41, 5.74) is 0.757. The molecule has 0 aromatic heterocycles. The molecule has 0 saturated carbocycles. The molecule has 0 radical (unpaired) electrons. The van der Waals surface area contributed by atoms with Gasteiger partial charge in [-0.3, -0.25) is 4.79 Å². The van der Waals surface area contributed by atoms with Gasteiger partial charge in [-0.05, 0) is 17.7 Å². The molecule has 0 saturated heterocycles. The molecule has 0 aliphatic rings. The Bertz CT molecular complexity index is 324. The van der Waals surface area contributed by atoms with Crippen molar-refractivity contribution in [3.8, 4) is 0 Å². The van der Waals surface area contributed by atoms with Crippen molar-refractivity contribution in [2.75, 3.05) is 5.88 Å². The summed E-state index contributed by atoms with van der Waals surface area (Å²) in [6.07, 6.45) is 0.132. The fraction of sp³-hybridized carbons (Fsp3) is 0.364. The molecule has 0 spiro atoms. The lowest BCUT2D eigenvalue weighted by Crippen LogP contribution is -2.09. The maximum Gasteiger partial charge on any atom is 0.303 e. The van der Waals surface area contributed by atoms with Gasteiger partial charge in [0, 0.05) is 19.2 Å². The number of carbonyl (C=O) groups excluding carboxylic acids is 1. The van der Waals surface area contributed by atoms with E-state index in [-0.39, 0.29) is 17.9 Å². The molecule has 15 heavy (non-hydrogen) atoms. The first-order valence-corrected chi connectivity index (χ1v) is 5.15. The van der Waals surface area contributed by atoms with Gasteiger partial charge in [0.1, 0.15) is 11.9 Å². The van der Waals surface area contributed by atoms with Crippen LogP contribution in [-0.2, 0) is 9.53 Å². The average Bonchev–Trinajstić information content (AvgIpc) is 2.17. The molecule has 0 aliphatic carbocycles. The predicted octanol–water partition coefficient (Wildman–Crippen LogP) is 3.06. The van der Waals surface area contributed by atoms with Gasteiger partial charge in [-0.25, -0.2) is 4.39 Å². The highest BCUT2D eigenvalue weighted by molar-refractivity contribution is 6.17. The topological polar surface area (TPSA) is 26.3 Å². The fourth-order valence-electron chi connectivity index (χ4n) is 1.27. The molecule has 0 heterocycles. The normalized spacial score (nSPS) is 12.2. The van der Waals surface area contributed by atoms with E-state index in [1.165, 1.54) is 19.1 Å². The molecule has 0 amide bonds. The first-order valence-electron chi connectivity index (χ1n) is 4.62. The minimum absolute atomic E-state index is 0.314. The lowest BCUT2D eigenvalue weighted by atomic mass is 10.1. The van der Waals surface area contributed by atoms with Gasteiger partial charge in [-0.15, -0.1) is 11.6 Å². The zero-order chi connectivity index (χ0) is 11.3. The molecule has 1 atom stereocenters. The highest BCUT2D eigenvalue weighted by atomic mass is 35.5. The summed E-state index contributed by atoms with van der Waals surface area (Å²) < 4.78 is 17.7. The van der Waals surface area contributed by atoms with Gasteiger partial charge in [0.05, 0.1) is 0 Å². The largest absolute Gasteiger partial charge is 0.458 e. The zero-order valence-electron chi connectivity index (χ0n) is 8.37. The highest BCUT2D eigenvalue weighted by Crippen LogP contribution is 2.22. The van der Waals surface area contributed by atoms with Gasteiger partial charge in [0.2, 0.25) is 0 Å². The maximum absolute atomic E-state index is 12.7. The van der Waals surface area contributed by atoms with Crippen molar-refractivity contribution < 1.29 is 13.9 Å². The van der Waals surface area contributed by atoms with Crippen molar-refractivity contribution >= 4 is 17.6 Å². The van der Waals surface area contributed by atoms with Crippen LogP contribution in [0.5, 0.6) is 0 Å². The Morgan fingerprint density at radius 1 is 1.47 bits per heavy atom. The Balaban J connectivity index is 2.78. The zero-order valence-corrected chi connectivity index (χ0v) is 9.13. The van der Waals surface area contributed by atoms with Crippen molar-refractivity contribution in [2.45, 2.75) is 19.4 Å². The molecular formula is C11H12ClFO2. The maximum atomic E-state index is 12.7. The van der Waals surface area contributed by atoms with E-state index in [9.17, 15) is 9.18 Å². The van der Waals surface area contributed by atoms with Crippen LogP contribution in [0.15, 0.2) is 24.3 Å². The van der Waals surface area contributed by atoms with E-state index < -0.39 is 0 Å². The number of alkyl halides is 1. The van der Waals surface area contributed by atoms with E-state index >= 15 is 0 Å². The van der Waals surface area contributed by atoms with Gasteiger partial charge in [0.15, 0.2) is 0 Å². The van der Waals surface area contributed by atoms with Gasteiger partial charge in [-0.2, -0.15) is 0 Å². The smallest absolute Gasteiger partial charge is 0.303 e. The third-order valence-corrected chi connectivity index (χ3v) is 2.14. The Labute approximate surface area is 93.0 Å². The Morgan fingerprint density at radius 3 is 2.53 bits per heavy atom. The number of hydrogen-bond acceptors (Lipinski definition) is 2. The van der Waals surface area contributed by atoms with Crippen LogP contribution in [0.1, 0.15) is 25.0 Å². The van der Waals surface area contributed by atoms with Gasteiger partial charge in [0.25, 0.3) is 0 Å². The first kappa shape index (κ1) is 12.0. The van der Waals surface area contributed by atoms with Crippen molar-refractivity contribution in [3.05, 3.63) is 35.6 Å². The second-order valence-electron chi connectivity index (χ2n) is 3.13. The summed E-state index contributed by atoms with van der Waals surface area (Å²) in [5.74, 6) is -0.296. The molecule has 0 aliphatic heterocycles. The summed E-state index contributed by atoms with van der Waals surface area (Å²) in [7, 11) is 0. The second-order valence-corrected chi connectivity index (χ2v) is 3.51. The van der Waals surface area contributed by atoms with E-state index in [4.69, 9.17) is 16.3 Å². The van der Waals surface area contributed by atoms with Crippen molar-refractivity contribution in [1.29, 1.82) is 0 Å². The summed E-state index contributed by atoms with van der Waals surface area (Å²) in [5, 5.41) is 0. The van der Waals surface area contributed by atoms with Gasteiger partial charge < -0.3 is 4.74 Å². The molecule has 0 bridgehead atoms. The molecule has 2 nitrogen and oxygen atoms in total. The van der Waals surface area contributed by atoms with Crippen LogP contribution in [0.3, 0.4) is 0 Å². The summed E-state index contributed by atoms with van der Waals surface area (Å²) in [6.45, 7) is 1.34. The number of benzene rings is 1. The molecule has 1 aromatic carbocycles. The average molecular weight is 231 g/mol. The van der Waals surface area contributed by atoms with Gasteiger partial charge >= 0.3 is 5.97 Å². The minimum Gasteiger partial charge on any atom is -0.458 e. The minimum atomic E-state index is -0.388. The van der Waals surface area contributed by atoms with Crippen molar-refractivity contribution in [3.63, 3.8) is 0 Å². The van der Waals surface area contributed by atoms with Gasteiger partial charge in [-0.1, -0.05) is 12.1 Å². The van der Waals surface area contributed by atoms with Crippen molar-refractivity contribution in [1.82, 2.24) is 0 Å². The number of rotatable bonds is 4. The lowest BCUT2D eigenvalue weighted by Gasteiger charge is -2.15. The molecule has 82 valence electrons. The Hall–Kier alpha value is -1.09. The summed E-state index contributed by atoms with van der Waals surface area (Å²) in [4.78, 5) is 10.8. The Morgan fingerprint density at radius 2 is 2.07 bits per heavy atom. The fourth-order valence-corrected chi connectivity index (χ4v) is 1.47. The second kappa shape index (κ2) is 5.71. The third kappa shape index (κ3) is 3.88. The SMILES string of the molecule is CC(=O)O[C@H](CCCl)c1ccc(F)cc1. The van der Waals surface area contributed by atoms with Crippen LogP contribution < -0.4 is 0 Å². The Kier molecular flexibility index (Phi) is 4.56. The number of carbonyl (C=O) groups is 1. The monoisotopic (exact) mass is 230 g/mol. The molecular weight excluding hydrogens is 219 g/mol. The molecule has 0 N–H and O–H groups in total. The van der Waals surface area contributed by atoms with Crippen LogP contribution in [0.4, 0.5) is 4.39 Å². The third-order valence-electron chi connectivity index (χ3n) is 1.92. The van der Waals surface area contributed by atoms with E-state index in [2.05, 4.69) is 0 Å². The van der Waals surface area contributed by atoms with Crippen LogP contribution in [0, 0.1) is 5.82 Å². The number of hydrogen-bond donors (Lipinski definition) is 0. The van der Waals surface area contributed by atoms with Crippen LogP contribution >= 0.6 is 11.6 Å². The molecule has 4 heteroatoms. The van der Waals surface area contributed by atoms with E-state index in [1.807, 2.05) is 0 Å². The van der Waals surface area contributed by atoms with E-state index in [0.29, 0.717) is 12.3 Å². The lowest BCUT2D eigenvalue weighted by molar-refractivity contribution is -0.146. The molecule has 1 rings (SSSR count). The van der Waals surface area contributed by atoms with Crippen LogP contribution in [0.2, 0.25) is 0 Å². The molecule has 1 aromatic rings. The van der Waals surface area contributed by atoms with Crippen molar-refractivity contribution in [2.24, 2.45) is 0 Å². The highest BCUT2D eigenvalue weighted by Gasteiger charge is 2.13. The summed E-state index contributed by atoms with van der Waals surface area (Å²) in [6, 6.07) is 5.85. The van der Waals surface area contributed by atoms with Crippen LogP contribution in [-0.4, -0.2) is 11.8 Å². The first-order chi connectivity index (χ1) is 7.13. The van der Waals surface area contributed by atoms with E-state index in [0.717, 1.165) is 5.56 Å². The number of ether oxygens (including phenoxy) is 1. The standard InChI is InChI=1S/C11H12ClFO2/c1-8(14)15-11(6-7-12)9-2-4-10(13)5-3-9/h2-5,11H,6-7H2,1H3/t11-/m1/s1. The van der Waals surface area contributed by atoms with Crippen LogP contribution in [0.25, 0.3) is 0 Å². The predicted molar refractivity (Wildman–Crippen MR) is 56.2 cm³/mol. The molecule has 0 fully saturated rings.